The van der Waals surface area contributed by atoms with Gasteiger partial charge in [0.1, 0.15) is 0 Å². The minimum Gasteiger partial charge on any atom is -0.389 e. The topological polar surface area (TPSA) is 46.2 Å². The van der Waals surface area contributed by atoms with Crippen LogP contribution in [-0.2, 0) is 0 Å². The summed E-state index contributed by atoms with van der Waals surface area (Å²) in [7, 11) is 0. The van der Waals surface area contributed by atoms with Crippen LogP contribution in [0.5, 0.6) is 0 Å². The van der Waals surface area contributed by atoms with E-state index in [4.69, 9.17) is 5.73 Å². The maximum Gasteiger partial charge on any atom is 0.0715 e. The summed E-state index contributed by atoms with van der Waals surface area (Å²) in [5, 5.41) is 10.9. The van der Waals surface area contributed by atoms with E-state index in [9.17, 15) is 5.11 Å². The summed E-state index contributed by atoms with van der Waals surface area (Å²) in [6.45, 7) is 2.72. The van der Waals surface area contributed by atoms with Crippen molar-refractivity contribution in [1.29, 1.82) is 0 Å². The molecule has 0 saturated heterocycles. The summed E-state index contributed by atoms with van der Waals surface area (Å²) in [6.07, 6.45) is 11.2. The molecular formula is C14H27NO. The molecule has 2 saturated carbocycles. The first-order chi connectivity index (χ1) is 7.62. The second kappa shape index (κ2) is 4.66. The summed E-state index contributed by atoms with van der Waals surface area (Å²) in [5.74, 6) is 0.524. The fourth-order valence-corrected chi connectivity index (χ4v) is 3.58. The fourth-order valence-electron chi connectivity index (χ4n) is 3.58. The van der Waals surface area contributed by atoms with Gasteiger partial charge in [0.25, 0.3) is 0 Å². The third kappa shape index (κ3) is 2.14. The first-order valence-corrected chi connectivity index (χ1v) is 7.05. The minimum atomic E-state index is -0.515. The lowest BCUT2D eigenvalue weighted by atomic mass is 9.63. The second-order valence-corrected chi connectivity index (χ2v) is 6.17. The van der Waals surface area contributed by atoms with Gasteiger partial charge in [-0.25, -0.2) is 0 Å². The van der Waals surface area contributed by atoms with Gasteiger partial charge in [0.2, 0.25) is 0 Å². The van der Waals surface area contributed by atoms with Crippen LogP contribution in [0.15, 0.2) is 0 Å². The zero-order chi connectivity index (χ0) is 11.6. The molecule has 0 heterocycles. The van der Waals surface area contributed by atoms with Crippen LogP contribution >= 0.6 is 0 Å². The van der Waals surface area contributed by atoms with Crippen LogP contribution in [0.4, 0.5) is 0 Å². The van der Waals surface area contributed by atoms with Gasteiger partial charge in [-0.15, -0.1) is 0 Å². The van der Waals surface area contributed by atoms with E-state index in [0.29, 0.717) is 12.5 Å². The van der Waals surface area contributed by atoms with E-state index in [0.717, 1.165) is 12.8 Å². The van der Waals surface area contributed by atoms with Crippen LogP contribution in [0.25, 0.3) is 0 Å². The third-order valence-electron chi connectivity index (χ3n) is 5.15. The Balaban J connectivity index is 2.13. The highest BCUT2D eigenvalue weighted by atomic mass is 16.3. The molecule has 1 unspecified atom stereocenters. The highest BCUT2D eigenvalue weighted by molar-refractivity contribution is 5.05. The smallest absolute Gasteiger partial charge is 0.0715 e. The molecule has 0 amide bonds. The van der Waals surface area contributed by atoms with Crippen molar-refractivity contribution < 1.29 is 5.11 Å². The molecule has 2 aliphatic rings. The Hall–Kier alpha value is -0.0800. The van der Waals surface area contributed by atoms with Crippen molar-refractivity contribution in [3.8, 4) is 0 Å². The maximum atomic E-state index is 10.9. The molecule has 0 aliphatic heterocycles. The summed E-state index contributed by atoms with van der Waals surface area (Å²) < 4.78 is 0. The molecule has 0 bridgehead atoms. The van der Waals surface area contributed by atoms with E-state index in [1.807, 2.05) is 0 Å². The van der Waals surface area contributed by atoms with Crippen molar-refractivity contribution in [3.05, 3.63) is 0 Å². The first-order valence-electron chi connectivity index (χ1n) is 7.05. The third-order valence-corrected chi connectivity index (χ3v) is 5.15. The van der Waals surface area contributed by atoms with Crippen LogP contribution in [0.1, 0.15) is 64.7 Å². The molecule has 16 heavy (non-hydrogen) atoms. The van der Waals surface area contributed by atoms with Crippen LogP contribution in [-0.4, -0.2) is 17.3 Å². The lowest BCUT2D eigenvalue weighted by Crippen LogP contribution is -2.52. The van der Waals surface area contributed by atoms with Crippen molar-refractivity contribution in [3.63, 3.8) is 0 Å². The van der Waals surface area contributed by atoms with Crippen molar-refractivity contribution in [2.45, 2.75) is 70.3 Å². The van der Waals surface area contributed by atoms with E-state index in [1.54, 1.807) is 0 Å². The van der Waals surface area contributed by atoms with Crippen molar-refractivity contribution in [2.75, 3.05) is 6.54 Å². The highest BCUT2D eigenvalue weighted by Gasteiger charge is 2.53. The summed E-state index contributed by atoms with van der Waals surface area (Å²) >= 11 is 0. The Morgan fingerprint density at radius 3 is 2.06 bits per heavy atom. The molecule has 1 atom stereocenters. The molecule has 2 aliphatic carbocycles. The van der Waals surface area contributed by atoms with Gasteiger partial charge in [0.15, 0.2) is 0 Å². The largest absolute Gasteiger partial charge is 0.389 e. The molecule has 0 radical (unpaired) electrons. The van der Waals surface area contributed by atoms with Gasteiger partial charge in [-0.05, 0) is 38.5 Å². The predicted molar refractivity (Wildman–Crippen MR) is 67.2 cm³/mol. The molecule has 0 aromatic carbocycles. The van der Waals surface area contributed by atoms with Crippen LogP contribution < -0.4 is 5.73 Å². The van der Waals surface area contributed by atoms with Crippen molar-refractivity contribution >= 4 is 0 Å². The highest BCUT2D eigenvalue weighted by Crippen LogP contribution is 2.53. The van der Waals surface area contributed by atoms with Gasteiger partial charge in [0.05, 0.1) is 5.60 Å². The molecular weight excluding hydrogens is 198 g/mol. The van der Waals surface area contributed by atoms with Gasteiger partial charge in [0, 0.05) is 12.0 Å². The van der Waals surface area contributed by atoms with Crippen molar-refractivity contribution in [1.82, 2.24) is 0 Å². The van der Waals surface area contributed by atoms with Gasteiger partial charge >= 0.3 is 0 Å². The van der Waals surface area contributed by atoms with Gasteiger partial charge in [-0.3, -0.25) is 0 Å². The molecule has 3 N–H and O–H groups in total. The van der Waals surface area contributed by atoms with E-state index >= 15 is 0 Å². The SMILES string of the molecule is CC(O)(C1CC1)C1(CN)CCCCCCC1. The molecule has 94 valence electrons. The predicted octanol–water partition coefficient (Wildman–Crippen LogP) is 2.84. The van der Waals surface area contributed by atoms with Crippen molar-refractivity contribution in [2.24, 2.45) is 17.1 Å². The Bertz CT molecular complexity index is 225. The fraction of sp³-hybridized carbons (Fsp3) is 1.00. The maximum absolute atomic E-state index is 10.9. The zero-order valence-electron chi connectivity index (χ0n) is 10.7. The molecule has 2 heteroatoms. The van der Waals surface area contributed by atoms with E-state index < -0.39 is 5.60 Å². The molecule has 2 fully saturated rings. The van der Waals surface area contributed by atoms with Gasteiger partial charge in [-0.2, -0.15) is 0 Å². The minimum absolute atomic E-state index is 0.00852. The second-order valence-electron chi connectivity index (χ2n) is 6.17. The van der Waals surface area contributed by atoms with Crippen LogP contribution in [0.2, 0.25) is 0 Å². The number of hydrogen-bond donors (Lipinski definition) is 2. The van der Waals surface area contributed by atoms with E-state index in [-0.39, 0.29) is 5.41 Å². The molecule has 2 nitrogen and oxygen atoms in total. The Kier molecular flexibility index (Phi) is 3.60. The molecule has 0 spiro atoms. The first kappa shape index (κ1) is 12.4. The molecule has 0 aromatic rings. The summed E-state index contributed by atoms with van der Waals surface area (Å²) in [6, 6.07) is 0. The van der Waals surface area contributed by atoms with Crippen LogP contribution in [0, 0.1) is 11.3 Å². The number of hydrogen-bond acceptors (Lipinski definition) is 2. The summed E-state index contributed by atoms with van der Waals surface area (Å²) in [5.41, 5.74) is 5.54. The van der Waals surface area contributed by atoms with Gasteiger partial charge in [-0.1, -0.05) is 32.1 Å². The number of nitrogens with two attached hydrogens (primary N) is 1. The average Bonchev–Trinajstić information content (AvgIpc) is 3.00. The monoisotopic (exact) mass is 225 g/mol. The molecule has 0 aromatic heterocycles. The van der Waals surface area contributed by atoms with E-state index in [2.05, 4.69) is 6.92 Å². The zero-order valence-corrected chi connectivity index (χ0v) is 10.7. The average molecular weight is 225 g/mol. The Morgan fingerprint density at radius 1 is 1.12 bits per heavy atom. The lowest BCUT2D eigenvalue weighted by Gasteiger charge is -2.46. The van der Waals surface area contributed by atoms with Crippen LogP contribution in [0.3, 0.4) is 0 Å². The number of aliphatic hydroxyl groups is 1. The summed E-state index contributed by atoms with van der Waals surface area (Å²) in [4.78, 5) is 0. The standard InChI is InChI=1S/C14H27NO/c1-13(16,12-7-8-12)14(11-15)9-5-3-2-4-6-10-14/h12,16H,2-11,15H2,1H3. The number of rotatable bonds is 3. The van der Waals surface area contributed by atoms with E-state index in [1.165, 1.54) is 44.9 Å². The Morgan fingerprint density at radius 2 is 1.62 bits per heavy atom. The van der Waals surface area contributed by atoms with Gasteiger partial charge < -0.3 is 10.8 Å². The quantitative estimate of drug-likeness (QED) is 0.776. The Labute approximate surface area is 99.6 Å². The molecule has 2 rings (SSSR count). The normalized spacial score (nSPS) is 30.2. The lowest BCUT2D eigenvalue weighted by molar-refractivity contribution is -0.0964.